The molecule has 0 aliphatic carbocycles. The number of amides is 1. The lowest BCUT2D eigenvalue weighted by Crippen LogP contribution is -2.47. The minimum absolute atomic E-state index is 0.231. The van der Waals surface area contributed by atoms with Gasteiger partial charge in [-0.15, -0.1) is 0 Å². The molecule has 2 aromatic heterocycles. The maximum Gasteiger partial charge on any atom is 0.287 e. The van der Waals surface area contributed by atoms with Crippen molar-refractivity contribution in [1.29, 1.82) is 0 Å². The largest absolute Gasteiger partial charge is 0.495 e. The number of aromatic nitrogens is 1. The van der Waals surface area contributed by atoms with E-state index in [-0.39, 0.29) is 5.91 Å². The van der Waals surface area contributed by atoms with Gasteiger partial charge in [0.25, 0.3) is 5.91 Å². The quantitative estimate of drug-likeness (QED) is 0.696. The second kappa shape index (κ2) is 8.68. The molecule has 0 radical (unpaired) electrons. The highest BCUT2D eigenvalue weighted by Gasteiger charge is 2.22. The first-order valence-electron chi connectivity index (χ1n) is 9.65. The summed E-state index contributed by atoms with van der Waals surface area (Å²) in [5.41, 5.74) is 2.10. The van der Waals surface area contributed by atoms with Crippen molar-refractivity contribution in [2.75, 3.05) is 43.1 Å². The number of pyridine rings is 1. The molecule has 1 saturated heterocycles. The van der Waals surface area contributed by atoms with Crippen molar-refractivity contribution >= 4 is 17.4 Å². The summed E-state index contributed by atoms with van der Waals surface area (Å²) in [5, 5.41) is 2.90. The van der Waals surface area contributed by atoms with Crippen molar-refractivity contribution in [2.24, 2.45) is 0 Å². The molecule has 0 atom stereocenters. The molecule has 150 valence electrons. The van der Waals surface area contributed by atoms with Gasteiger partial charge in [0.15, 0.2) is 5.76 Å². The second-order valence-electron chi connectivity index (χ2n) is 6.79. The molecule has 1 fully saturated rings. The predicted octanol–water partition coefficient (Wildman–Crippen LogP) is 2.94. The minimum Gasteiger partial charge on any atom is -0.495 e. The normalized spacial score (nSPS) is 14.0. The molecular weight excluding hydrogens is 368 g/mol. The molecule has 7 heteroatoms. The number of carbonyl (C=O) groups excluding carboxylic acids is 1. The Balaban J connectivity index is 1.42. The lowest BCUT2D eigenvalue weighted by Gasteiger charge is -2.37. The van der Waals surface area contributed by atoms with Crippen LogP contribution in [-0.4, -0.2) is 44.2 Å². The molecule has 29 heavy (non-hydrogen) atoms. The van der Waals surface area contributed by atoms with Gasteiger partial charge in [0.05, 0.1) is 19.1 Å². The number of benzene rings is 1. The van der Waals surface area contributed by atoms with Gasteiger partial charge in [-0.05, 0) is 30.3 Å². The van der Waals surface area contributed by atoms with Crippen molar-refractivity contribution < 1.29 is 13.9 Å². The number of ether oxygens (including phenoxy) is 1. The number of hydrogen-bond acceptors (Lipinski definition) is 6. The van der Waals surface area contributed by atoms with E-state index in [1.54, 1.807) is 25.4 Å². The fraction of sp³-hybridized carbons (Fsp3) is 0.273. The van der Waals surface area contributed by atoms with E-state index in [2.05, 4.69) is 26.2 Å². The van der Waals surface area contributed by atoms with Crippen LogP contribution in [0.3, 0.4) is 0 Å². The Hall–Kier alpha value is -3.48. The van der Waals surface area contributed by atoms with Gasteiger partial charge in [-0.1, -0.05) is 18.2 Å². The lowest BCUT2D eigenvalue weighted by molar-refractivity contribution is 0.0923. The van der Waals surface area contributed by atoms with Gasteiger partial charge in [0.2, 0.25) is 0 Å². The summed E-state index contributed by atoms with van der Waals surface area (Å²) >= 11 is 0. The predicted molar refractivity (Wildman–Crippen MR) is 112 cm³/mol. The Morgan fingerprint density at radius 2 is 1.86 bits per heavy atom. The van der Waals surface area contributed by atoms with E-state index in [0.717, 1.165) is 49.0 Å². The Labute approximate surface area is 169 Å². The van der Waals surface area contributed by atoms with Crippen LogP contribution in [0.1, 0.15) is 16.1 Å². The van der Waals surface area contributed by atoms with Gasteiger partial charge in [0.1, 0.15) is 11.6 Å². The van der Waals surface area contributed by atoms with Crippen LogP contribution < -0.4 is 19.9 Å². The van der Waals surface area contributed by atoms with Gasteiger partial charge < -0.3 is 24.3 Å². The molecule has 3 aromatic rings. The first-order chi connectivity index (χ1) is 14.3. The van der Waals surface area contributed by atoms with E-state index in [4.69, 9.17) is 9.15 Å². The summed E-state index contributed by atoms with van der Waals surface area (Å²) in [6.45, 7) is 3.82. The molecule has 1 aliphatic heterocycles. The topological polar surface area (TPSA) is 70.8 Å². The van der Waals surface area contributed by atoms with E-state index in [9.17, 15) is 4.79 Å². The van der Waals surface area contributed by atoms with Gasteiger partial charge >= 0.3 is 0 Å². The third-order valence-corrected chi connectivity index (χ3v) is 5.06. The van der Waals surface area contributed by atoms with Crippen molar-refractivity contribution in [2.45, 2.75) is 6.54 Å². The van der Waals surface area contributed by atoms with E-state index in [0.29, 0.717) is 12.3 Å². The smallest absolute Gasteiger partial charge is 0.287 e. The first kappa shape index (κ1) is 18.9. The number of nitrogens with one attached hydrogen (secondary N) is 1. The molecule has 0 saturated carbocycles. The summed E-state index contributed by atoms with van der Waals surface area (Å²) in [7, 11) is 1.70. The number of piperazine rings is 1. The fourth-order valence-corrected chi connectivity index (χ4v) is 3.57. The molecule has 0 spiro atoms. The standard InChI is InChI=1S/C22H24N4O3/c1-28-19-8-3-2-7-18(19)25-11-13-26(14-12-25)21-17(6-4-10-23-21)16-24-22(27)20-9-5-15-29-20/h2-10,15H,11-14,16H2,1H3,(H,24,27). The number of para-hydroxylation sites is 2. The summed E-state index contributed by atoms with van der Waals surface area (Å²) in [6, 6.07) is 15.3. The summed E-state index contributed by atoms with van der Waals surface area (Å²) in [5.74, 6) is 1.87. The molecule has 7 nitrogen and oxygen atoms in total. The van der Waals surface area contributed by atoms with Crippen LogP contribution in [0.25, 0.3) is 0 Å². The number of furan rings is 1. The van der Waals surface area contributed by atoms with Crippen molar-refractivity contribution in [3.63, 3.8) is 0 Å². The third kappa shape index (κ3) is 4.18. The van der Waals surface area contributed by atoms with Gasteiger partial charge in [-0.2, -0.15) is 0 Å². The Bertz CT molecular complexity index is 950. The Morgan fingerprint density at radius 3 is 2.62 bits per heavy atom. The Morgan fingerprint density at radius 1 is 1.07 bits per heavy atom. The van der Waals surface area contributed by atoms with Crippen LogP contribution in [0.15, 0.2) is 65.4 Å². The third-order valence-electron chi connectivity index (χ3n) is 5.06. The van der Waals surface area contributed by atoms with Crippen molar-refractivity contribution in [3.8, 4) is 5.75 Å². The molecule has 3 heterocycles. The number of nitrogens with zero attached hydrogens (tertiary/aromatic N) is 3. The van der Waals surface area contributed by atoms with Gasteiger partial charge in [0, 0.05) is 44.5 Å². The highest BCUT2D eigenvalue weighted by molar-refractivity contribution is 5.91. The SMILES string of the molecule is COc1ccccc1N1CCN(c2ncccc2CNC(=O)c2ccco2)CC1. The molecule has 1 amide bonds. The fourth-order valence-electron chi connectivity index (χ4n) is 3.57. The van der Waals surface area contributed by atoms with Crippen LogP contribution in [0.4, 0.5) is 11.5 Å². The average Bonchev–Trinajstić information content (AvgIpc) is 3.33. The second-order valence-corrected chi connectivity index (χ2v) is 6.79. The zero-order chi connectivity index (χ0) is 20.1. The number of carbonyl (C=O) groups is 1. The van der Waals surface area contributed by atoms with Crippen LogP contribution >= 0.6 is 0 Å². The Kier molecular flexibility index (Phi) is 5.65. The van der Waals surface area contributed by atoms with Crippen molar-refractivity contribution in [1.82, 2.24) is 10.3 Å². The summed E-state index contributed by atoms with van der Waals surface area (Å²) in [6.07, 6.45) is 3.28. The van der Waals surface area contributed by atoms with Crippen LogP contribution in [-0.2, 0) is 6.54 Å². The van der Waals surface area contributed by atoms with Crippen molar-refractivity contribution in [3.05, 3.63) is 72.3 Å². The molecule has 0 bridgehead atoms. The number of anilines is 2. The zero-order valence-corrected chi connectivity index (χ0v) is 16.4. The number of hydrogen-bond donors (Lipinski definition) is 1. The summed E-state index contributed by atoms with van der Waals surface area (Å²) < 4.78 is 10.6. The lowest BCUT2D eigenvalue weighted by atomic mass is 10.2. The molecule has 1 N–H and O–H groups in total. The summed E-state index contributed by atoms with van der Waals surface area (Å²) in [4.78, 5) is 21.3. The molecule has 4 rings (SSSR count). The number of rotatable bonds is 6. The minimum atomic E-state index is -0.231. The van der Waals surface area contributed by atoms with E-state index in [1.807, 2.05) is 30.3 Å². The maximum atomic E-state index is 12.2. The maximum absolute atomic E-state index is 12.2. The monoisotopic (exact) mass is 392 g/mol. The zero-order valence-electron chi connectivity index (χ0n) is 16.4. The first-order valence-corrected chi connectivity index (χ1v) is 9.65. The molecule has 0 unspecified atom stereocenters. The van der Waals surface area contributed by atoms with E-state index >= 15 is 0 Å². The highest BCUT2D eigenvalue weighted by Crippen LogP contribution is 2.29. The molecule has 1 aromatic carbocycles. The van der Waals surface area contributed by atoms with Gasteiger partial charge in [-0.25, -0.2) is 4.98 Å². The highest BCUT2D eigenvalue weighted by atomic mass is 16.5. The van der Waals surface area contributed by atoms with E-state index in [1.165, 1.54) is 6.26 Å². The van der Waals surface area contributed by atoms with Crippen LogP contribution in [0.5, 0.6) is 5.75 Å². The average molecular weight is 392 g/mol. The molecule has 1 aliphatic rings. The van der Waals surface area contributed by atoms with Crippen LogP contribution in [0.2, 0.25) is 0 Å². The number of methoxy groups -OCH3 is 1. The van der Waals surface area contributed by atoms with E-state index < -0.39 is 0 Å². The van der Waals surface area contributed by atoms with Crippen LogP contribution in [0, 0.1) is 0 Å². The molecular formula is C22H24N4O3. The van der Waals surface area contributed by atoms with Gasteiger partial charge in [-0.3, -0.25) is 4.79 Å².